The lowest BCUT2D eigenvalue weighted by Gasteiger charge is -2.27. The van der Waals surface area contributed by atoms with Crippen LogP contribution in [0.5, 0.6) is 5.75 Å². The van der Waals surface area contributed by atoms with Crippen molar-refractivity contribution in [2.45, 2.75) is 13.5 Å². The van der Waals surface area contributed by atoms with E-state index in [0.717, 1.165) is 10.5 Å². The summed E-state index contributed by atoms with van der Waals surface area (Å²) in [4.78, 5) is 39.2. The minimum atomic E-state index is -0.838. The molecule has 1 aliphatic heterocycles. The molecule has 0 aliphatic carbocycles. The summed E-state index contributed by atoms with van der Waals surface area (Å²) in [7, 11) is 0. The molecule has 0 bridgehead atoms. The van der Waals surface area contributed by atoms with Crippen molar-refractivity contribution in [2.24, 2.45) is 0 Å². The minimum absolute atomic E-state index is 0.199. The van der Waals surface area contributed by atoms with Crippen LogP contribution in [0.1, 0.15) is 16.7 Å². The third-order valence-corrected chi connectivity index (χ3v) is 7.01. The van der Waals surface area contributed by atoms with E-state index >= 15 is 0 Å². The molecule has 0 atom stereocenters. The van der Waals surface area contributed by atoms with E-state index in [1.165, 1.54) is 6.08 Å². The zero-order valence-electron chi connectivity index (χ0n) is 18.1. The van der Waals surface area contributed by atoms with Gasteiger partial charge in [0.05, 0.1) is 14.6 Å². The van der Waals surface area contributed by atoms with Gasteiger partial charge in [0.2, 0.25) is 0 Å². The quantitative estimate of drug-likeness (QED) is 0.240. The molecule has 0 spiro atoms. The number of rotatable bonds is 5. The molecule has 1 fully saturated rings. The van der Waals surface area contributed by atoms with Gasteiger partial charge in [0, 0.05) is 10.0 Å². The second-order valence-corrected chi connectivity index (χ2v) is 10.1. The summed E-state index contributed by atoms with van der Waals surface area (Å²) in [6.07, 6.45) is 1.41. The molecule has 1 heterocycles. The fraction of sp³-hybridized carbons (Fsp3) is 0.0800. The Kier molecular flexibility index (Phi) is 7.66. The molecule has 0 unspecified atom stereocenters. The van der Waals surface area contributed by atoms with Crippen LogP contribution < -0.4 is 15.0 Å². The van der Waals surface area contributed by atoms with Crippen LogP contribution in [0.15, 0.2) is 69.1 Å². The van der Waals surface area contributed by atoms with Crippen LogP contribution >= 0.6 is 55.1 Å². The van der Waals surface area contributed by atoms with E-state index in [4.69, 9.17) is 27.9 Å². The number of carbonyl (C=O) groups is 3. The molecule has 3 aromatic rings. The second kappa shape index (κ2) is 10.5. The summed E-state index contributed by atoms with van der Waals surface area (Å²) in [5.41, 5.74) is 2.07. The maximum absolute atomic E-state index is 13.2. The highest BCUT2D eigenvalue weighted by Gasteiger charge is 2.37. The standard InChI is InChI=1S/C25H16Br2Cl2N2O4/c1-13-20(29)6-3-7-21(13)31-24(33)17(23(32)30-25(31)34)9-15-10-18(26)22(19(27)11-15)35-12-14-4-2-5-16(28)8-14/h2-11H,12H2,1H3,(H,30,32,34)/b17-9+. The van der Waals surface area contributed by atoms with E-state index < -0.39 is 17.8 Å². The van der Waals surface area contributed by atoms with Gasteiger partial charge in [-0.3, -0.25) is 14.9 Å². The van der Waals surface area contributed by atoms with Gasteiger partial charge in [0.15, 0.2) is 0 Å². The summed E-state index contributed by atoms with van der Waals surface area (Å²) in [5.74, 6) is -1.000. The van der Waals surface area contributed by atoms with Gasteiger partial charge in [-0.05, 0) is 97.9 Å². The number of barbiturate groups is 1. The number of nitrogens with zero attached hydrogens (tertiary/aromatic N) is 1. The molecular weight excluding hydrogens is 623 g/mol. The van der Waals surface area contributed by atoms with Crippen molar-refractivity contribution in [1.82, 2.24) is 5.32 Å². The first-order valence-electron chi connectivity index (χ1n) is 10.2. The van der Waals surface area contributed by atoms with Crippen LogP contribution in [0.25, 0.3) is 6.08 Å². The highest BCUT2D eigenvalue weighted by molar-refractivity contribution is 9.11. The molecule has 4 rings (SSSR count). The van der Waals surface area contributed by atoms with E-state index in [1.807, 2.05) is 18.2 Å². The largest absolute Gasteiger partial charge is 0.487 e. The summed E-state index contributed by atoms with van der Waals surface area (Å²) >= 11 is 19.2. The van der Waals surface area contributed by atoms with Crippen molar-refractivity contribution in [2.75, 3.05) is 4.90 Å². The molecule has 1 saturated heterocycles. The predicted molar refractivity (Wildman–Crippen MR) is 143 cm³/mol. The van der Waals surface area contributed by atoms with E-state index in [0.29, 0.717) is 41.6 Å². The number of anilines is 1. The second-order valence-electron chi connectivity index (χ2n) is 7.57. The lowest BCUT2D eigenvalue weighted by molar-refractivity contribution is -0.122. The molecule has 178 valence electrons. The molecule has 0 radical (unpaired) electrons. The van der Waals surface area contributed by atoms with Gasteiger partial charge in [0.1, 0.15) is 17.9 Å². The Labute approximate surface area is 228 Å². The van der Waals surface area contributed by atoms with Crippen molar-refractivity contribution in [1.29, 1.82) is 0 Å². The van der Waals surface area contributed by atoms with Crippen molar-refractivity contribution >= 4 is 84.7 Å². The van der Waals surface area contributed by atoms with Gasteiger partial charge in [0.25, 0.3) is 11.8 Å². The van der Waals surface area contributed by atoms with Gasteiger partial charge < -0.3 is 4.74 Å². The zero-order chi connectivity index (χ0) is 25.3. The summed E-state index contributed by atoms with van der Waals surface area (Å²) < 4.78 is 7.12. The van der Waals surface area contributed by atoms with Crippen molar-refractivity contribution in [3.05, 3.63) is 95.9 Å². The Balaban J connectivity index is 1.63. The number of carbonyl (C=O) groups excluding carboxylic acids is 3. The number of hydrogen-bond donors (Lipinski definition) is 1. The van der Waals surface area contributed by atoms with Gasteiger partial charge in [-0.25, -0.2) is 9.69 Å². The van der Waals surface area contributed by atoms with E-state index in [2.05, 4.69) is 37.2 Å². The average Bonchev–Trinajstić information content (AvgIpc) is 2.79. The molecule has 3 aromatic carbocycles. The summed E-state index contributed by atoms with van der Waals surface area (Å²) in [6.45, 7) is 1.98. The average molecular weight is 639 g/mol. The smallest absolute Gasteiger partial charge is 0.335 e. The van der Waals surface area contributed by atoms with Gasteiger partial charge in [-0.2, -0.15) is 0 Å². The van der Waals surface area contributed by atoms with E-state index in [9.17, 15) is 14.4 Å². The number of ether oxygens (including phenoxy) is 1. The third kappa shape index (κ3) is 5.46. The molecule has 0 aromatic heterocycles. The molecule has 10 heteroatoms. The maximum Gasteiger partial charge on any atom is 0.335 e. The van der Waals surface area contributed by atoms with Crippen LogP contribution in [-0.4, -0.2) is 17.8 Å². The topological polar surface area (TPSA) is 75.7 Å². The first-order chi connectivity index (χ1) is 16.7. The molecule has 1 aliphatic rings. The number of hydrogen-bond acceptors (Lipinski definition) is 4. The normalized spacial score (nSPS) is 14.9. The fourth-order valence-corrected chi connectivity index (χ4v) is 5.30. The third-order valence-electron chi connectivity index (χ3n) is 5.19. The molecular formula is C25H16Br2Cl2N2O4. The Morgan fingerprint density at radius 1 is 1.00 bits per heavy atom. The first kappa shape index (κ1) is 25.4. The fourth-order valence-electron chi connectivity index (χ4n) is 3.46. The SMILES string of the molecule is Cc1c(Cl)cccc1N1C(=O)NC(=O)/C(=C\c2cc(Br)c(OCc3cccc(Cl)c3)c(Br)c2)C1=O. The van der Waals surface area contributed by atoms with Crippen LogP contribution in [0.4, 0.5) is 10.5 Å². The number of urea groups is 1. The molecule has 35 heavy (non-hydrogen) atoms. The van der Waals surface area contributed by atoms with Crippen LogP contribution in [0.2, 0.25) is 10.0 Å². The van der Waals surface area contributed by atoms with Gasteiger partial charge in [-0.1, -0.05) is 41.4 Å². The number of benzene rings is 3. The monoisotopic (exact) mass is 636 g/mol. The predicted octanol–water partition coefficient (Wildman–Crippen LogP) is 7.07. The minimum Gasteiger partial charge on any atom is -0.487 e. The Morgan fingerprint density at radius 3 is 2.37 bits per heavy atom. The highest BCUT2D eigenvalue weighted by Crippen LogP contribution is 2.36. The number of amides is 4. The van der Waals surface area contributed by atoms with Crippen molar-refractivity contribution in [3.8, 4) is 5.75 Å². The lowest BCUT2D eigenvalue weighted by Crippen LogP contribution is -2.54. The van der Waals surface area contributed by atoms with Gasteiger partial charge >= 0.3 is 6.03 Å². The van der Waals surface area contributed by atoms with E-state index in [-0.39, 0.29) is 12.2 Å². The molecule has 4 amide bonds. The summed E-state index contributed by atoms with van der Waals surface area (Å²) in [5, 5.41) is 3.22. The van der Waals surface area contributed by atoms with Crippen LogP contribution in [0, 0.1) is 6.92 Å². The van der Waals surface area contributed by atoms with Crippen molar-refractivity contribution < 1.29 is 19.1 Å². The number of nitrogens with one attached hydrogen (secondary N) is 1. The number of halogens is 4. The number of imide groups is 2. The van der Waals surface area contributed by atoms with Crippen LogP contribution in [0.3, 0.4) is 0 Å². The van der Waals surface area contributed by atoms with Crippen LogP contribution in [-0.2, 0) is 16.2 Å². The Bertz CT molecular complexity index is 1380. The van der Waals surface area contributed by atoms with E-state index in [1.54, 1.807) is 43.3 Å². The molecule has 1 N–H and O–H groups in total. The molecule has 0 saturated carbocycles. The Morgan fingerprint density at radius 2 is 1.69 bits per heavy atom. The maximum atomic E-state index is 13.2. The summed E-state index contributed by atoms with van der Waals surface area (Å²) in [6, 6.07) is 14.8. The van der Waals surface area contributed by atoms with Gasteiger partial charge in [-0.15, -0.1) is 0 Å². The van der Waals surface area contributed by atoms with Crippen molar-refractivity contribution in [3.63, 3.8) is 0 Å². The first-order valence-corrected chi connectivity index (χ1v) is 12.5. The molecule has 6 nitrogen and oxygen atoms in total. The lowest BCUT2D eigenvalue weighted by atomic mass is 10.1. The highest BCUT2D eigenvalue weighted by atomic mass is 79.9. The Hall–Kier alpha value is -2.65. The zero-order valence-corrected chi connectivity index (χ0v) is 22.8.